The van der Waals surface area contributed by atoms with Crippen molar-refractivity contribution in [1.82, 2.24) is 15.0 Å². The normalized spacial score (nSPS) is 12.7. The van der Waals surface area contributed by atoms with E-state index in [0.717, 1.165) is 11.9 Å². The van der Waals surface area contributed by atoms with Crippen molar-refractivity contribution in [2.75, 3.05) is 0 Å². The summed E-state index contributed by atoms with van der Waals surface area (Å²) in [5, 5.41) is 17.4. The van der Waals surface area contributed by atoms with E-state index < -0.39 is 5.97 Å². The number of nitrogens with zero attached hydrogens (tertiary/aromatic N) is 3. The highest BCUT2D eigenvalue weighted by Crippen LogP contribution is 2.23. The Morgan fingerprint density at radius 1 is 1.38 bits per heavy atom. The first-order valence-electron chi connectivity index (χ1n) is 6.68. The van der Waals surface area contributed by atoms with E-state index in [2.05, 4.69) is 36.3 Å². The molecule has 0 bridgehead atoms. The van der Waals surface area contributed by atoms with Crippen molar-refractivity contribution in [3.63, 3.8) is 0 Å². The fourth-order valence-electron chi connectivity index (χ4n) is 2.37. The van der Waals surface area contributed by atoms with Gasteiger partial charge in [0.1, 0.15) is 5.52 Å². The molecule has 0 fully saturated rings. The molecule has 0 saturated heterocycles. The average Bonchev–Trinajstić information content (AvgIpc) is 3.04. The molecule has 0 aliphatic rings. The van der Waals surface area contributed by atoms with Crippen molar-refractivity contribution in [3.05, 3.63) is 45.6 Å². The van der Waals surface area contributed by atoms with Crippen LogP contribution in [0.5, 0.6) is 0 Å². The SMILES string of the molecule is Cc1ccc(CC(C)n2nnc3ccc(C(=O)O)cc32)s1. The highest BCUT2D eigenvalue weighted by molar-refractivity contribution is 7.11. The minimum Gasteiger partial charge on any atom is -0.478 e. The number of carboxylic acid groups (broad SMARTS) is 1. The molecule has 1 atom stereocenters. The van der Waals surface area contributed by atoms with Gasteiger partial charge in [0.15, 0.2) is 0 Å². The number of fused-ring (bicyclic) bond motifs is 1. The molecule has 3 aromatic rings. The molecule has 5 nitrogen and oxygen atoms in total. The Morgan fingerprint density at radius 2 is 2.19 bits per heavy atom. The Labute approximate surface area is 125 Å². The van der Waals surface area contributed by atoms with E-state index in [0.29, 0.717) is 5.52 Å². The van der Waals surface area contributed by atoms with E-state index in [9.17, 15) is 4.79 Å². The highest BCUT2D eigenvalue weighted by atomic mass is 32.1. The summed E-state index contributed by atoms with van der Waals surface area (Å²) in [7, 11) is 0. The molecule has 0 saturated carbocycles. The third-order valence-electron chi connectivity index (χ3n) is 3.43. The molecule has 3 rings (SSSR count). The lowest BCUT2D eigenvalue weighted by Gasteiger charge is -2.11. The van der Waals surface area contributed by atoms with Crippen LogP contribution in [0.2, 0.25) is 0 Å². The number of thiophene rings is 1. The fraction of sp³-hybridized carbons (Fsp3) is 0.267. The second-order valence-corrected chi connectivity index (χ2v) is 6.48. The van der Waals surface area contributed by atoms with Crippen molar-refractivity contribution in [1.29, 1.82) is 0 Å². The van der Waals surface area contributed by atoms with Crippen LogP contribution in [0, 0.1) is 6.92 Å². The molecule has 0 amide bonds. The second-order valence-electron chi connectivity index (χ2n) is 5.11. The molecule has 0 spiro atoms. The lowest BCUT2D eigenvalue weighted by atomic mass is 10.1. The number of aryl methyl sites for hydroxylation is 1. The Morgan fingerprint density at radius 3 is 2.86 bits per heavy atom. The number of benzene rings is 1. The van der Waals surface area contributed by atoms with Gasteiger partial charge < -0.3 is 5.11 Å². The van der Waals surface area contributed by atoms with Gasteiger partial charge in [-0.15, -0.1) is 16.4 Å². The van der Waals surface area contributed by atoms with Crippen LogP contribution in [0.15, 0.2) is 30.3 Å². The molecule has 0 aliphatic carbocycles. The lowest BCUT2D eigenvalue weighted by Crippen LogP contribution is -2.09. The van der Waals surface area contributed by atoms with Crippen LogP contribution >= 0.6 is 11.3 Å². The summed E-state index contributed by atoms with van der Waals surface area (Å²) in [5.41, 5.74) is 1.73. The quantitative estimate of drug-likeness (QED) is 0.802. The zero-order chi connectivity index (χ0) is 15.0. The maximum atomic E-state index is 11.1. The summed E-state index contributed by atoms with van der Waals surface area (Å²) >= 11 is 1.77. The molecule has 108 valence electrons. The Kier molecular flexibility index (Phi) is 3.47. The third-order valence-corrected chi connectivity index (χ3v) is 4.45. The second kappa shape index (κ2) is 5.29. The van der Waals surface area contributed by atoms with Gasteiger partial charge >= 0.3 is 5.97 Å². The largest absolute Gasteiger partial charge is 0.478 e. The third kappa shape index (κ3) is 2.67. The van der Waals surface area contributed by atoms with Crippen molar-refractivity contribution < 1.29 is 9.90 Å². The van der Waals surface area contributed by atoms with Crippen LogP contribution in [-0.4, -0.2) is 26.1 Å². The summed E-state index contributed by atoms with van der Waals surface area (Å²) in [5.74, 6) is -0.939. The molecular formula is C15H15N3O2S. The van der Waals surface area contributed by atoms with Gasteiger partial charge in [0.2, 0.25) is 0 Å². The van der Waals surface area contributed by atoms with Gasteiger partial charge in [-0.25, -0.2) is 9.48 Å². The van der Waals surface area contributed by atoms with Gasteiger partial charge in [-0.2, -0.15) is 0 Å². The predicted molar refractivity (Wildman–Crippen MR) is 82.0 cm³/mol. The van der Waals surface area contributed by atoms with E-state index in [4.69, 9.17) is 5.11 Å². The van der Waals surface area contributed by atoms with Crippen molar-refractivity contribution in [2.24, 2.45) is 0 Å². The van der Waals surface area contributed by atoms with Gasteiger partial charge in [-0.05, 0) is 44.2 Å². The molecule has 2 aromatic heterocycles. The van der Waals surface area contributed by atoms with Crippen LogP contribution < -0.4 is 0 Å². The van der Waals surface area contributed by atoms with Crippen molar-refractivity contribution in [3.8, 4) is 0 Å². The molecule has 1 N–H and O–H groups in total. The monoisotopic (exact) mass is 301 g/mol. The minimum atomic E-state index is -0.939. The van der Waals surface area contributed by atoms with Gasteiger partial charge in [0.05, 0.1) is 17.1 Å². The smallest absolute Gasteiger partial charge is 0.335 e. The number of rotatable bonds is 4. The number of aromatic carboxylic acids is 1. The Balaban J connectivity index is 1.95. The first-order chi connectivity index (χ1) is 10.0. The molecule has 6 heteroatoms. The molecule has 21 heavy (non-hydrogen) atoms. The van der Waals surface area contributed by atoms with Gasteiger partial charge in [0.25, 0.3) is 0 Å². The molecule has 2 heterocycles. The Hall–Kier alpha value is -2.21. The van der Waals surface area contributed by atoms with Crippen LogP contribution in [0.25, 0.3) is 11.0 Å². The molecule has 0 radical (unpaired) electrons. The molecule has 1 aromatic carbocycles. The maximum Gasteiger partial charge on any atom is 0.335 e. The van der Waals surface area contributed by atoms with E-state index in [1.54, 1.807) is 34.2 Å². The van der Waals surface area contributed by atoms with Crippen molar-refractivity contribution in [2.45, 2.75) is 26.3 Å². The summed E-state index contributed by atoms with van der Waals surface area (Å²) in [4.78, 5) is 13.7. The minimum absolute atomic E-state index is 0.122. The van der Waals surface area contributed by atoms with Crippen molar-refractivity contribution >= 4 is 28.3 Å². The first kappa shape index (κ1) is 13.8. The number of hydrogen-bond acceptors (Lipinski definition) is 4. The number of carbonyl (C=O) groups is 1. The van der Waals surface area contributed by atoms with Crippen LogP contribution in [0.3, 0.4) is 0 Å². The first-order valence-corrected chi connectivity index (χ1v) is 7.50. The Bertz CT molecular complexity index is 806. The van der Waals surface area contributed by atoms with E-state index in [1.165, 1.54) is 9.75 Å². The molecule has 0 aliphatic heterocycles. The molecule has 1 unspecified atom stereocenters. The van der Waals surface area contributed by atoms with Gasteiger partial charge in [-0.3, -0.25) is 0 Å². The standard InChI is InChI=1S/C15H15N3O2S/c1-9(7-12-5-3-10(2)21-12)18-14-8-11(15(19)20)4-6-13(14)16-17-18/h3-6,8-9H,7H2,1-2H3,(H,19,20). The number of aromatic nitrogens is 3. The topological polar surface area (TPSA) is 68.0 Å². The number of hydrogen-bond donors (Lipinski definition) is 1. The highest BCUT2D eigenvalue weighted by Gasteiger charge is 2.14. The van der Waals surface area contributed by atoms with E-state index in [1.807, 2.05) is 0 Å². The summed E-state index contributed by atoms with van der Waals surface area (Å²) in [6.45, 7) is 4.15. The van der Waals surface area contributed by atoms with Crippen LogP contribution in [0.4, 0.5) is 0 Å². The van der Waals surface area contributed by atoms with Crippen LogP contribution in [-0.2, 0) is 6.42 Å². The maximum absolute atomic E-state index is 11.1. The number of carboxylic acids is 1. The van der Waals surface area contributed by atoms with Gasteiger partial charge in [0, 0.05) is 16.2 Å². The van der Waals surface area contributed by atoms with Gasteiger partial charge in [-0.1, -0.05) is 5.21 Å². The summed E-state index contributed by atoms with van der Waals surface area (Å²) < 4.78 is 1.80. The van der Waals surface area contributed by atoms with E-state index in [-0.39, 0.29) is 11.6 Å². The zero-order valence-corrected chi connectivity index (χ0v) is 12.6. The van der Waals surface area contributed by atoms with E-state index >= 15 is 0 Å². The summed E-state index contributed by atoms with van der Waals surface area (Å²) in [6.07, 6.45) is 0.855. The van der Waals surface area contributed by atoms with Crippen LogP contribution in [0.1, 0.15) is 33.1 Å². The predicted octanol–water partition coefficient (Wildman–Crippen LogP) is 3.30. The fourth-order valence-corrected chi connectivity index (χ4v) is 3.38. The molecular weight excluding hydrogens is 286 g/mol. The lowest BCUT2D eigenvalue weighted by molar-refractivity contribution is 0.0697. The average molecular weight is 301 g/mol. The summed E-state index contributed by atoms with van der Waals surface area (Å²) in [6, 6.07) is 9.24. The zero-order valence-electron chi connectivity index (χ0n) is 11.8.